The molecule has 0 aliphatic carbocycles. The molecule has 0 N–H and O–H groups in total. The lowest BCUT2D eigenvalue weighted by Crippen LogP contribution is -2.36. The fourth-order valence-corrected chi connectivity index (χ4v) is 5.39. The number of hydrogen-bond donors (Lipinski definition) is 0. The first-order chi connectivity index (χ1) is 13.4. The molecule has 2 heterocycles. The van der Waals surface area contributed by atoms with Crippen LogP contribution in [0.15, 0.2) is 70.0 Å². The Labute approximate surface area is 167 Å². The van der Waals surface area contributed by atoms with Crippen LogP contribution in [-0.2, 0) is 30.0 Å². The molecule has 1 aromatic heterocycles. The quantitative estimate of drug-likeness (QED) is 0.663. The van der Waals surface area contributed by atoms with Gasteiger partial charge in [-0.15, -0.1) is 11.3 Å². The van der Waals surface area contributed by atoms with Crippen LogP contribution >= 0.6 is 11.3 Å². The lowest BCUT2D eigenvalue weighted by Gasteiger charge is -2.28. The molecular formula is C20H19N3O3S2. The summed E-state index contributed by atoms with van der Waals surface area (Å²) < 4.78 is 29.5. The van der Waals surface area contributed by atoms with Gasteiger partial charge < -0.3 is 4.57 Å². The monoisotopic (exact) mass is 413 g/mol. The fourth-order valence-electron chi connectivity index (χ4n) is 3.20. The summed E-state index contributed by atoms with van der Waals surface area (Å²) in [4.78, 5) is 17.3. The second-order valence-corrected chi connectivity index (χ2v) is 9.41. The smallest absolute Gasteiger partial charge is 0.279 e. The average molecular weight is 414 g/mol. The first kappa shape index (κ1) is 18.8. The van der Waals surface area contributed by atoms with Crippen molar-refractivity contribution in [1.29, 1.82) is 0 Å². The van der Waals surface area contributed by atoms with Crippen molar-refractivity contribution in [3.63, 3.8) is 0 Å². The number of hydrogen-bond acceptors (Lipinski definition) is 4. The van der Waals surface area contributed by atoms with Crippen LogP contribution in [0.3, 0.4) is 0 Å². The second-order valence-electron chi connectivity index (χ2n) is 6.60. The van der Waals surface area contributed by atoms with Crippen LogP contribution in [0.25, 0.3) is 0 Å². The maximum atomic E-state index is 13.1. The molecular weight excluding hydrogens is 394 g/mol. The summed E-state index contributed by atoms with van der Waals surface area (Å²) in [5, 5.41) is 1.83. The predicted octanol–water partition coefficient (Wildman–Crippen LogP) is 2.57. The van der Waals surface area contributed by atoms with Gasteiger partial charge in [0, 0.05) is 37.3 Å². The van der Waals surface area contributed by atoms with Gasteiger partial charge >= 0.3 is 0 Å². The molecule has 0 atom stereocenters. The van der Waals surface area contributed by atoms with Crippen molar-refractivity contribution >= 4 is 27.3 Å². The van der Waals surface area contributed by atoms with Gasteiger partial charge in [0.25, 0.3) is 5.91 Å². The zero-order chi connectivity index (χ0) is 19.7. The van der Waals surface area contributed by atoms with E-state index in [-0.39, 0.29) is 10.5 Å². The molecule has 0 fully saturated rings. The third kappa shape index (κ3) is 3.58. The van der Waals surface area contributed by atoms with Gasteiger partial charge in [-0.2, -0.15) is 9.30 Å². The van der Waals surface area contributed by atoms with Crippen LogP contribution in [0.1, 0.15) is 21.5 Å². The van der Waals surface area contributed by atoms with Gasteiger partial charge in [0.1, 0.15) is 0 Å². The number of rotatable bonds is 3. The molecule has 2 aromatic carbocycles. The van der Waals surface area contributed by atoms with Crippen molar-refractivity contribution in [3.05, 3.63) is 81.6 Å². The highest BCUT2D eigenvalue weighted by Crippen LogP contribution is 2.25. The Morgan fingerprint density at radius 3 is 2.64 bits per heavy atom. The van der Waals surface area contributed by atoms with E-state index in [1.165, 1.54) is 33.3 Å². The second kappa shape index (κ2) is 7.46. The van der Waals surface area contributed by atoms with E-state index in [4.69, 9.17) is 0 Å². The van der Waals surface area contributed by atoms with E-state index in [1.807, 2.05) is 35.8 Å². The van der Waals surface area contributed by atoms with E-state index in [9.17, 15) is 13.2 Å². The van der Waals surface area contributed by atoms with Crippen molar-refractivity contribution in [2.45, 2.75) is 17.9 Å². The van der Waals surface area contributed by atoms with E-state index in [2.05, 4.69) is 4.99 Å². The van der Waals surface area contributed by atoms with Crippen LogP contribution < -0.4 is 4.80 Å². The number of carbonyl (C=O) groups excluding carboxylic acids is 1. The summed E-state index contributed by atoms with van der Waals surface area (Å²) in [6.45, 7) is 0.763. The molecule has 4 rings (SSSR count). The molecule has 0 unspecified atom stereocenters. The van der Waals surface area contributed by atoms with Crippen LogP contribution in [0.4, 0.5) is 0 Å². The number of thiazole rings is 1. The van der Waals surface area contributed by atoms with Gasteiger partial charge in [-0.3, -0.25) is 4.79 Å². The number of aryl methyl sites for hydroxylation is 1. The highest BCUT2D eigenvalue weighted by atomic mass is 32.2. The Balaban J connectivity index is 1.64. The number of benzene rings is 2. The lowest BCUT2D eigenvalue weighted by molar-refractivity contribution is 0.0997. The summed E-state index contributed by atoms with van der Waals surface area (Å²) >= 11 is 1.35. The third-order valence-corrected chi connectivity index (χ3v) is 7.46. The van der Waals surface area contributed by atoms with Gasteiger partial charge in [0.2, 0.25) is 10.0 Å². The van der Waals surface area contributed by atoms with Crippen LogP contribution in [-0.4, -0.2) is 29.7 Å². The molecule has 6 nitrogen and oxygen atoms in total. The molecule has 0 spiro atoms. The Bertz CT molecular complexity index is 1210. The number of fused-ring (bicyclic) bond motifs is 1. The van der Waals surface area contributed by atoms with Gasteiger partial charge in [0.05, 0.1) is 4.90 Å². The minimum absolute atomic E-state index is 0.114. The maximum absolute atomic E-state index is 13.1. The summed E-state index contributed by atoms with van der Waals surface area (Å²) in [5.41, 5.74) is 2.46. The van der Waals surface area contributed by atoms with E-state index in [0.29, 0.717) is 24.3 Å². The molecule has 0 saturated carbocycles. The number of aromatic nitrogens is 1. The summed E-state index contributed by atoms with van der Waals surface area (Å²) in [5.74, 6) is -0.459. The van der Waals surface area contributed by atoms with E-state index >= 15 is 0 Å². The van der Waals surface area contributed by atoms with E-state index in [1.54, 1.807) is 23.7 Å². The molecule has 0 radical (unpaired) electrons. The Hall–Kier alpha value is -2.55. The Morgan fingerprint density at radius 2 is 1.89 bits per heavy atom. The van der Waals surface area contributed by atoms with Crippen molar-refractivity contribution in [2.75, 3.05) is 6.54 Å². The highest BCUT2D eigenvalue weighted by Gasteiger charge is 2.28. The summed E-state index contributed by atoms with van der Waals surface area (Å²) in [6.07, 6.45) is 2.49. The maximum Gasteiger partial charge on any atom is 0.279 e. The SMILES string of the molecule is Cn1ccsc1=NC(=O)c1cccc(S(=O)(=O)N2CCc3ccccc3C2)c1. The molecule has 1 aliphatic rings. The lowest BCUT2D eigenvalue weighted by atomic mass is 10.0. The van der Waals surface area contributed by atoms with Crippen molar-refractivity contribution in [3.8, 4) is 0 Å². The molecule has 8 heteroatoms. The zero-order valence-electron chi connectivity index (χ0n) is 15.3. The molecule has 3 aromatic rings. The number of sulfonamides is 1. The van der Waals surface area contributed by atoms with Crippen LogP contribution in [0, 0.1) is 0 Å². The predicted molar refractivity (Wildman–Crippen MR) is 107 cm³/mol. The Kier molecular flexibility index (Phi) is 5.01. The minimum atomic E-state index is -3.69. The van der Waals surface area contributed by atoms with Crippen LogP contribution in [0.2, 0.25) is 0 Å². The Morgan fingerprint density at radius 1 is 1.11 bits per heavy atom. The fraction of sp³-hybridized carbons (Fsp3) is 0.200. The number of nitrogens with zero attached hydrogens (tertiary/aromatic N) is 3. The van der Waals surface area contributed by atoms with Crippen molar-refractivity contribution in [1.82, 2.24) is 8.87 Å². The van der Waals surface area contributed by atoms with Gasteiger partial charge in [-0.05, 0) is 35.7 Å². The molecule has 1 amide bonds. The largest absolute Gasteiger partial charge is 0.327 e. The summed E-state index contributed by atoms with van der Waals surface area (Å²) in [7, 11) is -1.89. The minimum Gasteiger partial charge on any atom is -0.327 e. The molecule has 0 saturated heterocycles. The van der Waals surface area contributed by atoms with E-state index < -0.39 is 15.9 Å². The highest BCUT2D eigenvalue weighted by molar-refractivity contribution is 7.89. The first-order valence-electron chi connectivity index (χ1n) is 8.81. The standard InChI is InChI=1S/C20H19N3O3S2/c1-22-11-12-27-20(22)21-19(24)16-7-4-8-18(13-16)28(25,26)23-10-9-15-5-2-3-6-17(15)14-23/h2-8,11-13H,9-10,14H2,1H3. The molecule has 0 bridgehead atoms. The average Bonchev–Trinajstić information content (AvgIpc) is 3.12. The van der Waals surface area contributed by atoms with Gasteiger partial charge in [0.15, 0.2) is 4.80 Å². The molecule has 1 aliphatic heterocycles. The van der Waals surface area contributed by atoms with Crippen molar-refractivity contribution in [2.24, 2.45) is 12.0 Å². The van der Waals surface area contributed by atoms with Gasteiger partial charge in [-0.25, -0.2) is 8.42 Å². The number of amides is 1. The third-order valence-electron chi connectivity index (χ3n) is 4.77. The summed E-state index contributed by atoms with van der Waals surface area (Å²) in [6, 6.07) is 14.0. The zero-order valence-corrected chi connectivity index (χ0v) is 16.9. The molecule has 28 heavy (non-hydrogen) atoms. The van der Waals surface area contributed by atoms with E-state index in [0.717, 1.165) is 5.56 Å². The van der Waals surface area contributed by atoms with Gasteiger partial charge in [-0.1, -0.05) is 30.3 Å². The topological polar surface area (TPSA) is 71.7 Å². The van der Waals surface area contributed by atoms with Crippen molar-refractivity contribution < 1.29 is 13.2 Å². The number of carbonyl (C=O) groups is 1. The first-order valence-corrected chi connectivity index (χ1v) is 11.1. The molecule has 144 valence electrons. The normalized spacial score (nSPS) is 15.4. The van der Waals surface area contributed by atoms with Crippen LogP contribution in [0.5, 0.6) is 0 Å².